The number of aromatic nitrogens is 3. The van der Waals surface area contributed by atoms with Crippen LogP contribution in [-0.4, -0.2) is 23.0 Å². The SMILES string of the molecule is Cn1cnc(N)c1S(=O)(=O)Nc1cc(Cl)ccn1. The summed E-state index contributed by atoms with van der Waals surface area (Å²) in [6, 6.07) is 2.93. The third-order valence-corrected chi connectivity index (χ3v) is 3.84. The normalized spacial score (nSPS) is 11.4. The Labute approximate surface area is 109 Å². The van der Waals surface area contributed by atoms with E-state index in [2.05, 4.69) is 14.7 Å². The average molecular weight is 288 g/mol. The van der Waals surface area contributed by atoms with Gasteiger partial charge in [0.05, 0.1) is 6.33 Å². The Kier molecular flexibility index (Phi) is 3.14. The van der Waals surface area contributed by atoms with E-state index in [-0.39, 0.29) is 16.7 Å². The van der Waals surface area contributed by atoms with Crippen LogP contribution in [0.4, 0.5) is 11.6 Å². The molecule has 0 saturated carbocycles. The number of sulfonamides is 1. The molecule has 0 aliphatic rings. The standard InChI is InChI=1S/C9H10ClN5O2S/c1-15-5-13-8(11)9(15)18(16,17)14-7-4-6(10)2-3-12-7/h2-5H,11H2,1H3,(H,12,14). The van der Waals surface area contributed by atoms with Gasteiger partial charge in [-0.1, -0.05) is 11.6 Å². The highest BCUT2D eigenvalue weighted by Crippen LogP contribution is 2.20. The second-order valence-corrected chi connectivity index (χ2v) is 5.54. The number of nitrogen functional groups attached to an aromatic ring is 1. The highest BCUT2D eigenvalue weighted by Gasteiger charge is 2.22. The lowest BCUT2D eigenvalue weighted by molar-refractivity contribution is 0.591. The molecule has 0 bridgehead atoms. The van der Waals surface area contributed by atoms with Crippen molar-refractivity contribution in [2.45, 2.75) is 5.03 Å². The highest BCUT2D eigenvalue weighted by molar-refractivity contribution is 7.92. The summed E-state index contributed by atoms with van der Waals surface area (Å²) in [5.41, 5.74) is 5.51. The van der Waals surface area contributed by atoms with Crippen molar-refractivity contribution in [2.75, 3.05) is 10.5 Å². The Balaban J connectivity index is 2.39. The van der Waals surface area contributed by atoms with Crippen LogP contribution >= 0.6 is 11.6 Å². The van der Waals surface area contributed by atoms with E-state index in [0.29, 0.717) is 5.02 Å². The van der Waals surface area contributed by atoms with Crippen molar-refractivity contribution in [3.8, 4) is 0 Å². The van der Waals surface area contributed by atoms with Crippen molar-refractivity contribution in [2.24, 2.45) is 7.05 Å². The van der Waals surface area contributed by atoms with Crippen LogP contribution in [0.2, 0.25) is 5.02 Å². The number of rotatable bonds is 3. The van der Waals surface area contributed by atoms with E-state index in [4.69, 9.17) is 17.3 Å². The van der Waals surface area contributed by atoms with E-state index in [1.165, 1.54) is 36.3 Å². The molecule has 9 heteroatoms. The maximum absolute atomic E-state index is 12.1. The van der Waals surface area contributed by atoms with Crippen molar-refractivity contribution in [1.82, 2.24) is 14.5 Å². The quantitative estimate of drug-likeness (QED) is 0.871. The highest BCUT2D eigenvalue weighted by atomic mass is 35.5. The molecule has 18 heavy (non-hydrogen) atoms. The number of hydrogen-bond donors (Lipinski definition) is 2. The molecule has 96 valence electrons. The maximum Gasteiger partial charge on any atom is 0.282 e. The monoisotopic (exact) mass is 287 g/mol. The molecule has 0 aliphatic carbocycles. The van der Waals surface area contributed by atoms with Crippen LogP contribution in [0.5, 0.6) is 0 Å². The van der Waals surface area contributed by atoms with Crippen LogP contribution < -0.4 is 10.5 Å². The van der Waals surface area contributed by atoms with E-state index >= 15 is 0 Å². The molecule has 3 N–H and O–H groups in total. The van der Waals surface area contributed by atoms with Crippen LogP contribution in [0.1, 0.15) is 0 Å². The first-order valence-electron chi connectivity index (χ1n) is 4.81. The summed E-state index contributed by atoms with van der Waals surface area (Å²) in [7, 11) is -2.31. The summed E-state index contributed by atoms with van der Waals surface area (Å²) in [6.45, 7) is 0. The van der Waals surface area contributed by atoms with Crippen LogP contribution in [0.15, 0.2) is 29.7 Å². The molecule has 0 unspecified atom stereocenters. The van der Waals surface area contributed by atoms with Crippen LogP contribution in [0.3, 0.4) is 0 Å². The Morgan fingerprint density at radius 1 is 1.44 bits per heavy atom. The van der Waals surface area contributed by atoms with Gasteiger partial charge >= 0.3 is 0 Å². The van der Waals surface area contributed by atoms with Gasteiger partial charge in [0.1, 0.15) is 5.82 Å². The zero-order chi connectivity index (χ0) is 13.3. The zero-order valence-corrected chi connectivity index (χ0v) is 10.9. The predicted molar refractivity (Wildman–Crippen MR) is 67.7 cm³/mol. The first kappa shape index (κ1) is 12.7. The van der Waals surface area contributed by atoms with Crippen LogP contribution in [0.25, 0.3) is 0 Å². The minimum Gasteiger partial charge on any atom is -0.381 e. The van der Waals surface area contributed by atoms with Crippen molar-refractivity contribution < 1.29 is 8.42 Å². The smallest absolute Gasteiger partial charge is 0.282 e. The molecular weight excluding hydrogens is 278 g/mol. The van der Waals surface area contributed by atoms with Crippen molar-refractivity contribution in [1.29, 1.82) is 0 Å². The molecule has 2 aromatic rings. The summed E-state index contributed by atoms with van der Waals surface area (Å²) < 4.78 is 27.7. The van der Waals surface area contributed by atoms with Crippen LogP contribution in [-0.2, 0) is 17.1 Å². The lowest BCUT2D eigenvalue weighted by Crippen LogP contribution is -2.18. The van der Waals surface area contributed by atoms with E-state index < -0.39 is 10.0 Å². The summed E-state index contributed by atoms with van der Waals surface area (Å²) in [6.07, 6.45) is 2.71. The van der Waals surface area contributed by atoms with Crippen molar-refractivity contribution in [3.63, 3.8) is 0 Å². The predicted octanol–water partition coefficient (Wildman–Crippen LogP) is 0.851. The van der Waals surface area contributed by atoms with E-state index in [0.717, 1.165) is 0 Å². The molecule has 2 heterocycles. The Hall–Kier alpha value is -1.80. The molecular formula is C9H10ClN5O2S. The molecule has 2 aromatic heterocycles. The van der Waals surface area contributed by atoms with E-state index in [9.17, 15) is 8.42 Å². The summed E-state index contributed by atoms with van der Waals surface area (Å²) >= 11 is 5.74. The fourth-order valence-electron chi connectivity index (χ4n) is 1.41. The molecule has 7 nitrogen and oxygen atoms in total. The fraction of sp³-hybridized carbons (Fsp3) is 0.111. The first-order chi connectivity index (χ1) is 8.40. The molecule has 0 aliphatic heterocycles. The van der Waals surface area contributed by atoms with E-state index in [1.54, 1.807) is 0 Å². The fourth-order valence-corrected chi connectivity index (χ4v) is 2.81. The van der Waals surface area contributed by atoms with Crippen molar-refractivity contribution in [3.05, 3.63) is 29.7 Å². The van der Waals surface area contributed by atoms with Crippen LogP contribution in [0, 0.1) is 0 Å². The summed E-state index contributed by atoms with van der Waals surface area (Å²) in [5, 5.41) is 0.255. The number of nitrogens with one attached hydrogen (secondary N) is 1. The van der Waals surface area contributed by atoms with Gasteiger partial charge < -0.3 is 10.3 Å². The number of anilines is 2. The summed E-state index contributed by atoms with van der Waals surface area (Å²) in [4.78, 5) is 7.57. The molecule has 0 radical (unpaired) electrons. The number of nitrogens with zero attached hydrogens (tertiary/aromatic N) is 3. The molecule has 0 spiro atoms. The Bertz CT molecular complexity index is 663. The van der Waals surface area contributed by atoms with Gasteiger partial charge in [0, 0.05) is 24.3 Å². The number of hydrogen-bond acceptors (Lipinski definition) is 5. The number of pyridine rings is 1. The van der Waals surface area contributed by atoms with Gasteiger partial charge in [0.25, 0.3) is 10.0 Å². The van der Waals surface area contributed by atoms with Gasteiger partial charge in [-0.05, 0) is 6.07 Å². The topological polar surface area (TPSA) is 103 Å². The van der Waals surface area contributed by atoms with Crippen molar-refractivity contribution >= 4 is 33.3 Å². The average Bonchev–Trinajstić information content (AvgIpc) is 2.58. The van der Waals surface area contributed by atoms with E-state index in [1.807, 2.05) is 0 Å². The number of imidazole rings is 1. The molecule has 0 fully saturated rings. The first-order valence-corrected chi connectivity index (χ1v) is 6.67. The Morgan fingerprint density at radius 3 is 2.72 bits per heavy atom. The number of aryl methyl sites for hydroxylation is 1. The van der Waals surface area contributed by atoms with Gasteiger partial charge in [-0.25, -0.2) is 9.97 Å². The molecule has 0 atom stereocenters. The van der Waals surface area contributed by atoms with Gasteiger partial charge in [-0.15, -0.1) is 0 Å². The Morgan fingerprint density at radius 2 is 2.17 bits per heavy atom. The largest absolute Gasteiger partial charge is 0.381 e. The second kappa shape index (κ2) is 4.46. The number of nitrogens with two attached hydrogens (primary N) is 1. The van der Waals surface area contributed by atoms with Gasteiger partial charge in [-0.2, -0.15) is 8.42 Å². The lowest BCUT2D eigenvalue weighted by Gasteiger charge is -2.08. The van der Waals surface area contributed by atoms with Gasteiger partial charge in [0.15, 0.2) is 10.8 Å². The molecule has 0 saturated heterocycles. The molecule has 0 aromatic carbocycles. The second-order valence-electron chi connectivity index (χ2n) is 3.51. The van der Waals surface area contributed by atoms with Gasteiger partial charge in [0.2, 0.25) is 0 Å². The number of halogens is 1. The summed E-state index contributed by atoms with van der Waals surface area (Å²) in [5.74, 6) is 0.0372. The third kappa shape index (κ3) is 2.39. The maximum atomic E-state index is 12.1. The minimum atomic E-state index is -3.84. The third-order valence-electron chi connectivity index (χ3n) is 2.12. The minimum absolute atomic E-state index is 0.0768. The molecule has 0 amide bonds. The molecule has 2 rings (SSSR count). The van der Waals surface area contributed by atoms with Gasteiger partial charge in [-0.3, -0.25) is 4.72 Å². The lowest BCUT2D eigenvalue weighted by atomic mass is 10.5. The zero-order valence-electron chi connectivity index (χ0n) is 9.33.